The van der Waals surface area contributed by atoms with Gasteiger partial charge in [-0.25, -0.2) is 8.42 Å². The lowest BCUT2D eigenvalue weighted by Crippen LogP contribution is -2.38. The zero-order valence-electron chi connectivity index (χ0n) is 16.9. The Kier molecular flexibility index (Phi) is 5.53. The third kappa shape index (κ3) is 4.18. The lowest BCUT2D eigenvalue weighted by atomic mass is 10.1. The fourth-order valence-electron chi connectivity index (χ4n) is 3.31. The van der Waals surface area contributed by atoms with Crippen LogP contribution in [0.15, 0.2) is 71.6 Å². The summed E-state index contributed by atoms with van der Waals surface area (Å²) in [7, 11) is -0.582. The predicted molar refractivity (Wildman–Crippen MR) is 117 cm³/mol. The zero-order valence-corrected chi connectivity index (χ0v) is 17.7. The minimum atomic E-state index is -3.64. The monoisotopic (exact) mass is 439 g/mol. The van der Waals surface area contributed by atoms with Crippen molar-refractivity contribution in [2.45, 2.75) is 11.1 Å². The summed E-state index contributed by atoms with van der Waals surface area (Å²) < 4.78 is 38.1. The van der Waals surface area contributed by atoms with Crippen molar-refractivity contribution in [1.82, 2.24) is 4.72 Å². The molecule has 3 N–H and O–H groups in total. The van der Waals surface area contributed by atoms with Gasteiger partial charge < -0.3 is 20.1 Å². The van der Waals surface area contributed by atoms with E-state index >= 15 is 0 Å². The Balaban J connectivity index is 1.53. The van der Waals surface area contributed by atoms with Gasteiger partial charge in [-0.05, 0) is 42.0 Å². The third-order valence-corrected chi connectivity index (χ3v) is 6.39. The van der Waals surface area contributed by atoms with Crippen molar-refractivity contribution in [3.63, 3.8) is 0 Å². The number of methoxy groups -OCH3 is 2. The van der Waals surface area contributed by atoms with E-state index in [-0.39, 0.29) is 10.8 Å². The Morgan fingerprint density at radius 1 is 0.968 bits per heavy atom. The van der Waals surface area contributed by atoms with Crippen molar-refractivity contribution in [3.8, 4) is 11.5 Å². The van der Waals surface area contributed by atoms with Crippen molar-refractivity contribution in [2.24, 2.45) is 0 Å². The fraction of sp³-hybridized carbons (Fsp3) is 0.136. The summed E-state index contributed by atoms with van der Waals surface area (Å²) in [5.74, 6) is 0.758. The highest BCUT2D eigenvalue weighted by molar-refractivity contribution is 7.89. The van der Waals surface area contributed by atoms with Crippen LogP contribution in [0.1, 0.15) is 22.1 Å². The minimum absolute atomic E-state index is 0.203. The van der Waals surface area contributed by atoms with Crippen molar-refractivity contribution in [2.75, 3.05) is 24.9 Å². The van der Waals surface area contributed by atoms with E-state index in [4.69, 9.17) is 9.47 Å². The molecular formula is C22H21N3O5S. The Morgan fingerprint density at radius 2 is 1.71 bits per heavy atom. The lowest BCUT2D eigenvalue weighted by molar-refractivity contribution is 0.102. The molecule has 1 heterocycles. The third-order valence-electron chi connectivity index (χ3n) is 4.91. The first-order valence-electron chi connectivity index (χ1n) is 9.42. The summed E-state index contributed by atoms with van der Waals surface area (Å²) in [6, 6.07) is 18.5. The molecule has 0 bridgehead atoms. The van der Waals surface area contributed by atoms with Crippen LogP contribution >= 0.6 is 0 Å². The van der Waals surface area contributed by atoms with Crippen LogP contribution in [0.2, 0.25) is 0 Å². The quantitative estimate of drug-likeness (QED) is 0.563. The molecule has 0 aliphatic carbocycles. The fourth-order valence-corrected chi connectivity index (χ4v) is 4.61. The van der Waals surface area contributed by atoms with Gasteiger partial charge in [0.1, 0.15) is 22.6 Å². The van der Waals surface area contributed by atoms with E-state index in [1.54, 1.807) is 66.7 Å². The molecule has 1 unspecified atom stereocenters. The number of benzene rings is 3. The summed E-state index contributed by atoms with van der Waals surface area (Å²) in [5, 5.41) is 5.97. The van der Waals surface area contributed by atoms with Gasteiger partial charge in [-0.2, -0.15) is 4.72 Å². The van der Waals surface area contributed by atoms with Crippen LogP contribution in [-0.4, -0.2) is 28.5 Å². The van der Waals surface area contributed by atoms with Crippen molar-refractivity contribution < 1.29 is 22.7 Å². The number of nitrogens with one attached hydrogen (secondary N) is 3. The summed E-state index contributed by atoms with van der Waals surface area (Å²) in [6.07, 6.45) is -0.643. The van der Waals surface area contributed by atoms with Crippen LogP contribution in [0.5, 0.6) is 11.5 Å². The second kappa shape index (κ2) is 8.29. The Bertz CT molecular complexity index is 1230. The van der Waals surface area contributed by atoms with Crippen LogP contribution in [0.3, 0.4) is 0 Å². The number of amides is 1. The second-order valence-electron chi connectivity index (χ2n) is 6.84. The maximum atomic E-state index is 12.7. The second-order valence-corrected chi connectivity index (χ2v) is 8.52. The molecule has 160 valence electrons. The summed E-state index contributed by atoms with van der Waals surface area (Å²) in [5.41, 5.74) is 2.09. The first-order valence-corrected chi connectivity index (χ1v) is 10.9. The molecule has 0 radical (unpaired) electrons. The topological polar surface area (TPSA) is 106 Å². The average Bonchev–Trinajstić information content (AvgIpc) is 2.78. The number of ether oxygens (including phenoxy) is 2. The lowest BCUT2D eigenvalue weighted by Gasteiger charge is -2.28. The van der Waals surface area contributed by atoms with Gasteiger partial charge in [0.25, 0.3) is 5.91 Å². The highest BCUT2D eigenvalue weighted by Crippen LogP contribution is 2.31. The molecule has 0 aromatic heterocycles. The van der Waals surface area contributed by atoms with E-state index in [2.05, 4.69) is 15.4 Å². The van der Waals surface area contributed by atoms with Gasteiger partial charge in [-0.3, -0.25) is 4.79 Å². The van der Waals surface area contributed by atoms with Crippen LogP contribution in [-0.2, 0) is 10.0 Å². The molecule has 0 saturated carbocycles. The molecule has 8 nitrogen and oxygen atoms in total. The Morgan fingerprint density at radius 3 is 2.42 bits per heavy atom. The van der Waals surface area contributed by atoms with E-state index in [0.29, 0.717) is 34.0 Å². The molecule has 1 amide bonds. The molecule has 4 rings (SSSR count). The SMILES string of the molecule is COc1ccc(OC)c(NC(=O)c2ccc(C3Nc4ccccc4S(=O)(=O)N3)cc2)c1. The number of hydrogen-bond donors (Lipinski definition) is 3. The highest BCUT2D eigenvalue weighted by Gasteiger charge is 2.29. The number of carbonyl (C=O) groups excluding carboxylic acids is 1. The molecule has 0 saturated heterocycles. The van der Waals surface area contributed by atoms with Crippen LogP contribution in [0.25, 0.3) is 0 Å². The van der Waals surface area contributed by atoms with Gasteiger partial charge in [-0.15, -0.1) is 0 Å². The van der Waals surface area contributed by atoms with Gasteiger partial charge >= 0.3 is 0 Å². The van der Waals surface area contributed by atoms with Crippen molar-refractivity contribution in [1.29, 1.82) is 0 Å². The highest BCUT2D eigenvalue weighted by atomic mass is 32.2. The van der Waals surface area contributed by atoms with Gasteiger partial charge in [0.05, 0.1) is 25.6 Å². The standard InChI is InChI=1S/C22H21N3O5S/c1-29-16-11-12-19(30-2)18(13-16)24-22(26)15-9-7-14(8-10-15)21-23-17-5-3-4-6-20(17)31(27,28)25-21/h3-13,21,23,25H,1-2H3,(H,24,26). The molecule has 1 aliphatic rings. The van der Waals surface area contributed by atoms with E-state index in [1.807, 2.05) is 0 Å². The maximum Gasteiger partial charge on any atom is 0.255 e. The maximum absolute atomic E-state index is 12.7. The number of para-hydroxylation sites is 1. The van der Waals surface area contributed by atoms with Crippen molar-refractivity contribution >= 4 is 27.3 Å². The van der Waals surface area contributed by atoms with Gasteiger partial charge in [0.15, 0.2) is 0 Å². The van der Waals surface area contributed by atoms with Crippen molar-refractivity contribution in [3.05, 3.63) is 77.9 Å². The Labute approximate surface area is 180 Å². The Hall–Kier alpha value is -3.56. The molecule has 0 spiro atoms. The molecule has 1 aliphatic heterocycles. The largest absolute Gasteiger partial charge is 0.497 e. The van der Waals surface area contributed by atoms with Crippen LogP contribution in [0, 0.1) is 0 Å². The first-order chi connectivity index (χ1) is 14.9. The number of hydrogen-bond acceptors (Lipinski definition) is 6. The molecule has 1 atom stereocenters. The summed E-state index contributed by atoms with van der Waals surface area (Å²) in [4.78, 5) is 12.9. The number of anilines is 2. The van der Waals surface area contributed by atoms with E-state index < -0.39 is 16.2 Å². The number of rotatable bonds is 5. The van der Waals surface area contributed by atoms with E-state index in [9.17, 15) is 13.2 Å². The minimum Gasteiger partial charge on any atom is -0.497 e. The smallest absolute Gasteiger partial charge is 0.255 e. The van der Waals surface area contributed by atoms with Crippen LogP contribution in [0.4, 0.5) is 11.4 Å². The van der Waals surface area contributed by atoms with Gasteiger partial charge in [0.2, 0.25) is 10.0 Å². The van der Waals surface area contributed by atoms with E-state index in [1.165, 1.54) is 14.2 Å². The first kappa shape index (κ1) is 20.7. The molecule has 3 aromatic carbocycles. The number of carbonyl (C=O) groups is 1. The average molecular weight is 439 g/mol. The number of fused-ring (bicyclic) bond motifs is 1. The normalized spacial score (nSPS) is 16.5. The molecule has 9 heteroatoms. The molecule has 31 heavy (non-hydrogen) atoms. The van der Waals surface area contributed by atoms with Gasteiger partial charge in [-0.1, -0.05) is 24.3 Å². The molecular weight excluding hydrogens is 418 g/mol. The van der Waals surface area contributed by atoms with Crippen LogP contribution < -0.4 is 24.8 Å². The predicted octanol–water partition coefficient (Wildman–Crippen LogP) is 3.36. The number of sulfonamides is 1. The molecule has 3 aromatic rings. The summed E-state index contributed by atoms with van der Waals surface area (Å²) >= 11 is 0. The zero-order chi connectivity index (χ0) is 22.0. The van der Waals surface area contributed by atoms with Gasteiger partial charge in [0, 0.05) is 11.6 Å². The van der Waals surface area contributed by atoms with E-state index in [0.717, 1.165) is 0 Å². The summed E-state index contributed by atoms with van der Waals surface area (Å²) in [6.45, 7) is 0. The molecule has 0 fully saturated rings.